The van der Waals surface area contributed by atoms with Crippen LogP contribution >= 0.6 is 0 Å². The number of hydrogen-bond donors (Lipinski definition) is 1. The first-order valence-corrected chi connectivity index (χ1v) is 8.46. The second-order valence-electron chi connectivity index (χ2n) is 6.04. The molecule has 4 aromatic heterocycles. The van der Waals surface area contributed by atoms with Crippen LogP contribution in [0.3, 0.4) is 0 Å². The van der Waals surface area contributed by atoms with Crippen molar-refractivity contribution in [3.05, 3.63) is 43.0 Å². The minimum atomic E-state index is 0.0939. The molecule has 0 aromatic carbocycles. The first-order chi connectivity index (χ1) is 13.6. The van der Waals surface area contributed by atoms with Gasteiger partial charge in [0.25, 0.3) is 5.88 Å². The zero-order valence-electron chi connectivity index (χ0n) is 15.7. The van der Waals surface area contributed by atoms with E-state index in [0.29, 0.717) is 40.6 Å². The average molecular weight is 381 g/mol. The topological polar surface area (TPSA) is 96.5 Å². The third kappa shape index (κ3) is 3.01. The zero-order chi connectivity index (χ0) is 19.7. The molecule has 0 bridgehead atoms. The molecule has 9 nitrogen and oxygen atoms in total. The van der Waals surface area contributed by atoms with Crippen LogP contribution in [0.15, 0.2) is 43.0 Å². The van der Waals surface area contributed by atoms with Crippen LogP contribution in [-0.2, 0) is 11.5 Å². The molecule has 4 rings (SSSR count). The number of rotatable bonds is 6. The minimum Gasteiger partial charge on any atom is -0.494 e. The highest BCUT2D eigenvalue weighted by Crippen LogP contribution is 2.33. The summed E-state index contributed by atoms with van der Waals surface area (Å²) in [5.74, 6) is 1.02. The van der Waals surface area contributed by atoms with Crippen molar-refractivity contribution in [3.8, 4) is 34.5 Å². The van der Waals surface area contributed by atoms with Gasteiger partial charge in [-0.3, -0.25) is 4.57 Å². The van der Waals surface area contributed by atoms with E-state index in [1.807, 2.05) is 18.2 Å². The third-order valence-corrected chi connectivity index (χ3v) is 4.33. The molecule has 0 amide bonds. The number of aromatic hydroxyl groups is 1. The van der Waals surface area contributed by atoms with Crippen LogP contribution in [0.4, 0.5) is 0 Å². The van der Waals surface area contributed by atoms with E-state index in [9.17, 15) is 5.11 Å². The molecule has 0 fully saturated rings. The Morgan fingerprint density at radius 3 is 2.68 bits per heavy atom. The highest BCUT2D eigenvalue weighted by atomic mass is 16.5. The fourth-order valence-electron chi connectivity index (χ4n) is 2.98. The second kappa shape index (κ2) is 7.20. The molecule has 0 aliphatic rings. The van der Waals surface area contributed by atoms with E-state index in [2.05, 4.69) is 15.1 Å². The lowest BCUT2D eigenvalue weighted by Gasteiger charge is -2.08. The lowest BCUT2D eigenvalue weighted by molar-refractivity contribution is 0.120. The molecule has 4 aromatic rings. The predicted molar refractivity (Wildman–Crippen MR) is 102 cm³/mol. The molecular formula is C19H19N5O4. The van der Waals surface area contributed by atoms with Crippen LogP contribution < -0.4 is 9.47 Å². The van der Waals surface area contributed by atoms with Crippen molar-refractivity contribution in [3.63, 3.8) is 0 Å². The van der Waals surface area contributed by atoms with Crippen LogP contribution in [0.2, 0.25) is 0 Å². The van der Waals surface area contributed by atoms with E-state index in [0.717, 1.165) is 5.56 Å². The van der Waals surface area contributed by atoms with Gasteiger partial charge in [0.05, 0.1) is 48.9 Å². The quantitative estimate of drug-likeness (QED) is 0.548. The number of pyridine rings is 2. The standard InChI is InChI=1S/C19H19N5O4/c1-26-11-23-9-13(8-21-23)24-10-16-14(19(24)25)4-5-15(22-16)12-6-17(27-2)18(28-3)20-7-12/h4-10,25H,11H2,1-3H3. The number of nitrogens with zero attached hydrogens (tertiary/aromatic N) is 5. The summed E-state index contributed by atoms with van der Waals surface area (Å²) in [5, 5.41) is 15.4. The van der Waals surface area contributed by atoms with Crippen LogP contribution in [0.25, 0.3) is 27.8 Å². The van der Waals surface area contributed by atoms with Crippen molar-refractivity contribution in [1.82, 2.24) is 24.3 Å². The van der Waals surface area contributed by atoms with Crippen molar-refractivity contribution >= 4 is 10.9 Å². The summed E-state index contributed by atoms with van der Waals surface area (Å²) in [6.45, 7) is 0.330. The summed E-state index contributed by atoms with van der Waals surface area (Å²) in [6.07, 6.45) is 6.86. The number of fused-ring (bicyclic) bond motifs is 1. The van der Waals surface area contributed by atoms with Gasteiger partial charge in [-0.25, -0.2) is 14.6 Å². The molecule has 0 spiro atoms. The van der Waals surface area contributed by atoms with Gasteiger partial charge in [0, 0.05) is 25.1 Å². The van der Waals surface area contributed by atoms with Gasteiger partial charge in [0.2, 0.25) is 5.88 Å². The van der Waals surface area contributed by atoms with E-state index >= 15 is 0 Å². The molecular weight excluding hydrogens is 362 g/mol. The lowest BCUT2D eigenvalue weighted by atomic mass is 10.1. The number of methoxy groups -OCH3 is 3. The predicted octanol–water partition coefficient (Wildman–Crippen LogP) is 2.61. The molecule has 4 heterocycles. The maximum absolute atomic E-state index is 10.6. The van der Waals surface area contributed by atoms with Crippen molar-refractivity contribution in [2.45, 2.75) is 6.73 Å². The Labute approximate surface area is 160 Å². The van der Waals surface area contributed by atoms with E-state index in [-0.39, 0.29) is 5.88 Å². The number of ether oxygens (including phenoxy) is 3. The van der Waals surface area contributed by atoms with Crippen LogP contribution in [-0.4, -0.2) is 50.8 Å². The summed E-state index contributed by atoms with van der Waals surface area (Å²) in [5.41, 5.74) is 2.83. The number of hydrogen-bond acceptors (Lipinski definition) is 7. The van der Waals surface area contributed by atoms with E-state index in [1.54, 1.807) is 48.3 Å². The van der Waals surface area contributed by atoms with Gasteiger partial charge in [0.15, 0.2) is 5.75 Å². The maximum atomic E-state index is 10.6. The number of aromatic nitrogens is 5. The minimum absolute atomic E-state index is 0.0939. The Kier molecular flexibility index (Phi) is 4.58. The average Bonchev–Trinajstić information content (AvgIpc) is 3.31. The van der Waals surface area contributed by atoms with Crippen LogP contribution in [0, 0.1) is 0 Å². The molecule has 1 N–H and O–H groups in total. The Morgan fingerprint density at radius 1 is 1.07 bits per heavy atom. The molecule has 0 radical (unpaired) electrons. The fraction of sp³-hybridized carbons (Fsp3) is 0.211. The van der Waals surface area contributed by atoms with Crippen molar-refractivity contribution in [2.75, 3.05) is 21.3 Å². The molecule has 0 unspecified atom stereocenters. The summed E-state index contributed by atoms with van der Waals surface area (Å²) in [4.78, 5) is 8.91. The smallest absolute Gasteiger partial charge is 0.256 e. The van der Waals surface area contributed by atoms with Gasteiger partial charge in [-0.2, -0.15) is 5.10 Å². The monoisotopic (exact) mass is 381 g/mol. The normalized spacial score (nSPS) is 11.1. The Balaban J connectivity index is 1.75. The van der Waals surface area contributed by atoms with Gasteiger partial charge in [-0.05, 0) is 18.2 Å². The SMILES string of the molecule is COCn1cc(-n2cc3nc(-c4cnc(OC)c(OC)c4)ccc3c2O)cn1. The molecule has 0 saturated heterocycles. The Hall–Kier alpha value is -3.59. The molecule has 0 aliphatic heterocycles. The second-order valence-corrected chi connectivity index (χ2v) is 6.04. The van der Waals surface area contributed by atoms with Gasteiger partial charge in [0.1, 0.15) is 6.73 Å². The summed E-state index contributed by atoms with van der Waals surface area (Å²) in [7, 11) is 4.69. The first kappa shape index (κ1) is 17.8. The first-order valence-electron chi connectivity index (χ1n) is 8.46. The molecule has 9 heteroatoms. The van der Waals surface area contributed by atoms with Gasteiger partial charge < -0.3 is 19.3 Å². The molecule has 0 aliphatic carbocycles. The molecule has 0 saturated carbocycles. The molecule has 28 heavy (non-hydrogen) atoms. The van der Waals surface area contributed by atoms with Crippen molar-refractivity contribution in [2.24, 2.45) is 0 Å². The van der Waals surface area contributed by atoms with Gasteiger partial charge in [-0.1, -0.05) is 0 Å². The zero-order valence-corrected chi connectivity index (χ0v) is 15.7. The Bertz CT molecular complexity index is 1130. The maximum Gasteiger partial charge on any atom is 0.256 e. The molecule has 0 atom stereocenters. The van der Waals surface area contributed by atoms with Gasteiger partial charge >= 0.3 is 0 Å². The highest BCUT2D eigenvalue weighted by molar-refractivity contribution is 5.87. The highest BCUT2D eigenvalue weighted by Gasteiger charge is 2.15. The summed E-state index contributed by atoms with van der Waals surface area (Å²) in [6, 6.07) is 5.45. The van der Waals surface area contributed by atoms with Crippen molar-refractivity contribution < 1.29 is 19.3 Å². The fourth-order valence-corrected chi connectivity index (χ4v) is 2.98. The van der Waals surface area contributed by atoms with Crippen LogP contribution in [0.1, 0.15) is 0 Å². The van der Waals surface area contributed by atoms with Crippen molar-refractivity contribution in [1.29, 1.82) is 0 Å². The largest absolute Gasteiger partial charge is 0.494 e. The summed E-state index contributed by atoms with van der Waals surface area (Å²) < 4.78 is 18.8. The molecule has 144 valence electrons. The van der Waals surface area contributed by atoms with Gasteiger partial charge in [-0.15, -0.1) is 0 Å². The van der Waals surface area contributed by atoms with E-state index in [4.69, 9.17) is 14.2 Å². The summed E-state index contributed by atoms with van der Waals surface area (Å²) >= 11 is 0. The lowest BCUT2D eigenvalue weighted by Crippen LogP contribution is -1.99. The van der Waals surface area contributed by atoms with Crippen LogP contribution in [0.5, 0.6) is 17.5 Å². The van der Waals surface area contributed by atoms with E-state index in [1.165, 1.54) is 7.11 Å². The Morgan fingerprint density at radius 2 is 1.93 bits per heavy atom. The van der Waals surface area contributed by atoms with E-state index < -0.39 is 0 Å². The third-order valence-electron chi connectivity index (χ3n) is 4.33.